The Labute approximate surface area is 305 Å². The number of aryl methyl sites for hydroxylation is 2. The number of carbonyl (C=O) groups excluding carboxylic acids is 2. The number of rotatable bonds is 23. The summed E-state index contributed by atoms with van der Waals surface area (Å²) in [7, 11) is 3.24. The van der Waals surface area contributed by atoms with Crippen molar-refractivity contribution in [2.75, 3.05) is 93.5 Å². The van der Waals surface area contributed by atoms with Gasteiger partial charge in [-0.1, -0.05) is 30.3 Å². The lowest BCUT2D eigenvalue weighted by Gasteiger charge is -2.17. The molecule has 0 amide bonds. The van der Waals surface area contributed by atoms with Gasteiger partial charge in [-0.25, -0.2) is 4.79 Å². The van der Waals surface area contributed by atoms with Gasteiger partial charge in [-0.3, -0.25) is 9.22 Å². The van der Waals surface area contributed by atoms with Crippen LogP contribution in [-0.2, 0) is 37.6 Å². The molecule has 1 N–H and O–H groups in total. The summed E-state index contributed by atoms with van der Waals surface area (Å²) in [5, 5.41) is 12.1. The second kappa shape index (κ2) is 21.8. The normalized spacial score (nSPS) is 14.3. The Morgan fingerprint density at radius 2 is 1.29 bits per heavy atom. The smallest absolute Gasteiger partial charge is 0.350 e. The molecule has 0 radical (unpaired) electrons. The number of aromatic carboxylic acids is 1. The second-order valence-electron chi connectivity index (χ2n) is 11.9. The van der Waals surface area contributed by atoms with Crippen molar-refractivity contribution in [3.8, 4) is 16.9 Å². The van der Waals surface area contributed by atoms with Crippen molar-refractivity contribution in [1.82, 2.24) is 0 Å². The molecule has 0 saturated carbocycles. The molecule has 0 aromatic heterocycles. The molecule has 4 rings (SSSR count). The second-order valence-corrected chi connectivity index (χ2v) is 11.9. The first kappa shape index (κ1) is 40.3. The maximum absolute atomic E-state index is 12.4. The van der Waals surface area contributed by atoms with E-state index in [0.29, 0.717) is 84.0 Å². The molecule has 0 fully saturated rings. The number of benzene rings is 3. The van der Waals surface area contributed by atoms with Crippen molar-refractivity contribution in [2.45, 2.75) is 13.8 Å². The third kappa shape index (κ3) is 12.0. The van der Waals surface area contributed by atoms with Gasteiger partial charge in [0.05, 0.1) is 65.0 Å². The molecule has 3 aromatic carbocycles. The Hall–Kier alpha value is -4.49. The summed E-state index contributed by atoms with van der Waals surface area (Å²) >= 11 is 0. The van der Waals surface area contributed by atoms with Gasteiger partial charge in [0, 0.05) is 20.3 Å². The maximum atomic E-state index is 12.4. The molecule has 52 heavy (non-hydrogen) atoms. The summed E-state index contributed by atoms with van der Waals surface area (Å²) < 4.78 is 43.6. The van der Waals surface area contributed by atoms with Crippen LogP contribution in [0.25, 0.3) is 27.5 Å². The number of aldehydes is 1. The van der Waals surface area contributed by atoms with Crippen LogP contribution in [0.4, 0.5) is 0 Å². The quantitative estimate of drug-likeness (QED) is 0.0561. The van der Waals surface area contributed by atoms with E-state index in [-0.39, 0.29) is 17.9 Å². The lowest BCUT2D eigenvalue weighted by molar-refractivity contribution is -0.460. The lowest BCUT2D eigenvalue weighted by Crippen LogP contribution is -2.13. The van der Waals surface area contributed by atoms with Gasteiger partial charge in [0.25, 0.3) is 6.61 Å². The Morgan fingerprint density at radius 1 is 0.712 bits per heavy atom. The third-order valence-electron chi connectivity index (χ3n) is 8.03. The van der Waals surface area contributed by atoms with E-state index in [2.05, 4.69) is 24.3 Å². The largest absolute Gasteiger partial charge is 0.490 e. The van der Waals surface area contributed by atoms with Gasteiger partial charge in [0.2, 0.25) is 0 Å². The number of fused-ring (bicyclic) bond motifs is 1. The summed E-state index contributed by atoms with van der Waals surface area (Å²) in [6.45, 7) is 9.04. The number of carboxylic acid groups (broad SMARTS) is 1. The highest BCUT2D eigenvalue weighted by atomic mass is 16.6. The van der Waals surface area contributed by atoms with E-state index in [1.807, 2.05) is 38.1 Å². The van der Waals surface area contributed by atoms with Gasteiger partial charge in [0.15, 0.2) is 0 Å². The van der Waals surface area contributed by atoms with Crippen molar-refractivity contribution in [1.29, 1.82) is 0 Å². The Kier molecular flexibility index (Phi) is 16.9. The number of methoxy groups -OCH3 is 2. The average molecular weight is 718 g/mol. The molecule has 3 aromatic rings. The molecular weight excluding hydrogens is 668 g/mol. The lowest BCUT2D eigenvalue weighted by atomic mass is 9.87. The molecule has 0 saturated heterocycles. The molecule has 0 spiro atoms. The van der Waals surface area contributed by atoms with Crippen LogP contribution >= 0.6 is 0 Å². The van der Waals surface area contributed by atoms with Gasteiger partial charge < -0.3 is 38.3 Å². The summed E-state index contributed by atoms with van der Waals surface area (Å²) in [5.74, 6) is -0.241. The fourth-order valence-electron chi connectivity index (χ4n) is 5.62. The van der Waals surface area contributed by atoms with Crippen molar-refractivity contribution < 1.29 is 52.3 Å². The SMILES string of the molecule is COCCOCCOCCOc1ccc(-c2cc(C)cc3c(C4=CC(=CC=O)C(=[O+]CCOCCOCCOC)C=C4)cc(C)cc23)cc1C(=O)O. The standard InChI is InChI=1S/C41H48O11/c1-29-23-34(31-5-7-39(33(27-31)9-10-42)51-21-19-49-17-15-47-13-11-45-3)36-25-30(2)24-35(37(36)26-29)32-6-8-40(38(28-32)41(43)44)52-22-20-50-18-16-48-14-12-46-4/h5-10,23-28H,11-22H2,1-4H3/p+1. The number of ether oxygens (including phenoxy) is 7. The van der Waals surface area contributed by atoms with Crippen molar-refractivity contribution in [3.05, 3.63) is 94.6 Å². The molecule has 1 aliphatic carbocycles. The van der Waals surface area contributed by atoms with Crippen molar-refractivity contribution in [2.24, 2.45) is 0 Å². The van der Waals surface area contributed by atoms with Crippen molar-refractivity contribution >= 4 is 34.4 Å². The predicted octanol–water partition coefficient (Wildman–Crippen LogP) is 5.74. The predicted molar refractivity (Wildman–Crippen MR) is 199 cm³/mol. The van der Waals surface area contributed by atoms with Crippen LogP contribution in [0.2, 0.25) is 0 Å². The minimum atomic E-state index is -1.09. The summed E-state index contributed by atoms with van der Waals surface area (Å²) in [6.07, 6.45) is 8.02. The first-order chi connectivity index (χ1) is 25.4. The molecule has 11 nitrogen and oxygen atoms in total. The first-order valence-corrected chi connectivity index (χ1v) is 17.3. The van der Waals surface area contributed by atoms with E-state index in [0.717, 1.165) is 50.4 Å². The van der Waals surface area contributed by atoms with Crippen LogP contribution < -0.4 is 4.74 Å². The third-order valence-corrected chi connectivity index (χ3v) is 8.03. The molecule has 0 bridgehead atoms. The van der Waals surface area contributed by atoms with Crippen LogP contribution in [0.15, 0.2) is 72.3 Å². The van der Waals surface area contributed by atoms with Gasteiger partial charge in [-0.05, 0) is 88.4 Å². The maximum Gasteiger partial charge on any atom is 0.350 e. The van der Waals surface area contributed by atoms with Crippen molar-refractivity contribution in [3.63, 3.8) is 0 Å². The van der Waals surface area contributed by atoms with Gasteiger partial charge in [0.1, 0.15) is 30.8 Å². The van der Waals surface area contributed by atoms with Crippen LogP contribution in [0.3, 0.4) is 0 Å². The minimum absolute atomic E-state index is 0.0633. The van der Waals surface area contributed by atoms with E-state index in [1.54, 1.807) is 26.4 Å². The number of carbonyl (C=O) groups is 2. The average Bonchev–Trinajstić information content (AvgIpc) is 3.13. The monoisotopic (exact) mass is 717 g/mol. The number of hydrogen-bond donors (Lipinski definition) is 1. The van der Waals surface area contributed by atoms with E-state index >= 15 is 0 Å². The van der Waals surface area contributed by atoms with E-state index in [9.17, 15) is 14.7 Å². The Morgan fingerprint density at radius 3 is 1.90 bits per heavy atom. The molecule has 1 aliphatic rings. The van der Waals surface area contributed by atoms with Gasteiger partial charge >= 0.3 is 11.8 Å². The zero-order chi connectivity index (χ0) is 37.1. The van der Waals surface area contributed by atoms with Gasteiger partial charge in [-0.2, -0.15) is 0 Å². The first-order valence-electron chi connectivity index (χ1n) is 17.3. The molecule has 11 heteroatoms. The van der Waals surface area contributed by atoms with E-state index in [4.69, 9.17) is 37.6 Å². The Bertz CT molecular complexity index is 1770. The highest BCUT2D eigenvalue weighted by Gasteiger charge is 2.22. The fraction of sp³-hybridized carbons (Fsp3) is 0.390. The minimum Gasteiger partial charge on any atom is -0.490 e. The molecule has 0 unspecified atom stereocenters. The van der Waals surface area contributed by atoms with Crippen LogP contribution in [0.1, 0.15) is 27.0 Å². The summed E-state index contributed by atoms with van der Waals surface area (Å²) in [5.41, 5.74) is 6.29. The number of allylic oxidation sites excluding steroid dienone is 6. The van der Waals surface area contributed by atoms with E-state index < -0.39 is 5.97 Å². The molecule has 0 heterocycles. The van der Waals surface area contributed by atoms with Crippen LogP contribution in [0, 0.1) is 13.8 Å². The number of hydrogen-bond acceptors (Lipinski definition) is 9. The number of carboxylic acids is 1. The molecule has 278 valence electrons. The summed E-state index contributed by atoms with van der Waals surface area (Å²) in [6, 6.07) is 13.6. The van der Waals surface area contributed by atoms with Crippen LogP contribution in [-0.4, -0.2) is 117 Å². The zero-order valence-corrected chi connectivity index (χ0v) is 30.4. The highest BCUT2D eigenvalue weighted by Crippen LogP contribution is 2.38. The topological polar surface area (TPSA) is 130 Å². The molecular formula is C41H49O11+. The molecule has 0 aliphatic heterocycles. The fourth-order valence-corrected chi connectivity index (χ4v) is 5.62. The van der Waals surface area contributed by atoms with Gasteiger partial charge in [-0.15, -0.1) is 0 Å². The highest BCUT2D eigenvalue weighted by molar-refractivity contribution is 6.15. The number of ketones is 1. The van der Waals surface area contributed by atoms with Crippen LogP contribution in [0.5, 0.6) is 5.75 Å². The zero-order valence-electron chi connectivity index (χ0n) is 30.4. The Balaban J connectivity index is 1.53. The van der Waals surface area contributed by atoms with E-state index in [1.165, 1.54) is 6.08 Å². The molecule has 0 atom stereocenters. The summed E-state index contributed by atoms with van der Waals surface area (Å²) in [4.78, 5) is 24.0.